The predicted molar refractivity (Wildman–Crippen MR) is 63.6 cm³/mol. The number of allylic oxidation sites excluding steroid dienone is 2. The normalized spacial score (nSPS) is 6.14. The van der Waals surface area contributed by atoms with Crippen molar-refractivity contribution in [1.29, 1.82) is 0 Å². The second-order valence-electron chi connectivity index (χ2n) is 1.40. The van der Waals surface area contributed by atoms with Gasteiger partial charge in [-0.3, -0.25) is 4.79 Å². The number of carbonyl (C=O) groups excluding carboxylic acids is 1. The van der Waals surface area contributed by atoms with Crippen LogP contribution >= 0.6 is 0 Å². The molecule has 14 heavy (non-hydrogen) atoms. The van der Waals surface area contributed by atoms with Crippen molar-refractivity contribution < 1.29 is 30.0 Å². The van der Waals surface area contributed by atoms with Crippen LogP contribution in [0, 0.1) is 7.43 Å². The summed E-state index contributed by atoms with van der Waals surface area (Å²) in [6.45, 7) is 6.85. The van der Waals surface area contributed by atoms with E-state index in [0.29, 0.717) is 0 Å². The number of ketones is 1. The molecule has 0 amide bonds. The number of carbonyl (C=O) groups is 1. The van der Waals surface area contributed by atoms with Crippen molar-refractivity contribution in [3.63, 3.8) is 0 Å². The Balaban J connectivity index is -0.0000000132. The average Bonchev–Trinajstić information content (AvgIpc) is 1.68. The monoisotopic (exact) mass is 386 g/mol. The molecule has 0 aliphatic heterocycles. The van der Waals surface area contributed by atoms with Crippen molar-refractivity contribution in [2.24, 2.45) is 0 Å². The largest absolute Gasteiger partial charge is 0.693 e. The molecular formula is C10H27IrNO2-2. The van der Waals surface area contributed by atoms with Gasteiger partial charge in [0.2, 0.25) is 0 Å². The van der Waals surface area contributed by atoms with Crippen molar-refractivity contribution in [2.75, 3.05) is 0 Å². The molecule has 4 heteroatoms. The van der Waals surface area contributed by atoms with E-state index in [-0.39, 0.29) is 60.1 Å². The summed E-state index contributed by atoms with van der Waals surface area (Å²) < 4.78 is 0. The molecule has 1 radical (unpaired) electrons. The molecule has 0 fully saturated rings. The van der Waals surface area contributed by atoms with Crippen LogP contribution in [0.5, 0.6) is 0 Å². The molecule has 0 aliphatic rings. The fourth-order valence-electron chi connectivity index (χ4n) is 0.294. The van der Waals surface area contributed by atoms with Gasteiger partial charge >= 0.3 is 0 Å². The van der Waals surface area contributed by atoms with Crippen molar-refractivity contribution in [3.05, 3.63) is 25.4 Å². The van der Waals surface area contributed by atoms with Crippen molar-refractivity contribution in [1.82, 2.24) is 0 Å². The molecule has 0 bridgehead atoms. The predicted octanol–water partition coefficient (Wildman–Crippen LogP) is 4.50. The Kier molecular flexibility index (Phi) is 134. The summed E-state index contributed by atoms with van der Waals surface area (Å²) in [6.07, 6.45) is 1.17. The van der Waals surface area contributed by atoms with Crippen LogP contribution in [0.4, 0.5) is 0 Å². The van der Waals surface area contributed by atoms with Gasteiger partial charge in [0.25, 0.3) is 0 Å². The molecule has 0 spiro atoms. The van der Waals surface area contributed by atoms with Crippen LogP contribution in [0.2, 0.25) is 0 Å². The minimum absolute atomic E-state index is 0. The van der Waals surface area contributed by atoms with Gasteiger partial charge < -0.3 is 18.7 Å². The first-order chi connectivity index (χ1) is 4.13. The maximum absolute atomic E-state index is 10.0. The molecule has 0 atom stereocenters. The van der Waals surface area contributed by atoms with Gasteiger partial charge in [0.15, 0.2) is 5.78 Å². The minimum Gasteiger partial charge on any atom is -0.693 e. The molecule has 0 unspecified atom stereocenters. The zero-order chi connectivity index (χ0) is 7.86. The Morgan fingerprint density at radius 1 is 1.14 bits per heavy atom. The van der Waals surface area contributed by atoms with Gasteiger partial charge in [0, 0.05) is 26.2 Å². The maximum Gasteiger partial charge on any atom is 0.155 e. The van der Waals surface area contributed by atoms with Crippen molar-refractivity contribution in [2.45, 2.75) is 42.5 Å². The van der Waals surface area contributed by atoms with Crippen molar-refractivity contribution in [3.8, 4) is 0 Å². The summed E-state index contributed by atoms with van der Waals surface area (Å²) in [6, 6.07) is 0. The molecular weight excluding hydrogens is 358 g/mol. The zero-order valence-corrected chi connectivity index (χ0v) is 10.7. The quantitative estimate of drug-likeness (QED) is 0.410. The van der Waals surface area contributed by atoms with Crippen LogP contribution in [-0.2, 0) is 24.9 Å². The first-order valence-electron chi connectivity index (χ1n) is 3.01. The third-order valence-corrected chi connectivity index (χ3v) is 0.412. The SMILES string of the molecule is C.C.CC.CC(=O)C=C(C)O.[CH3-].[Ir].[NH2-]. The van der Waals surface area contributed by atoms with Gasteiger partial charge in [0.05, 0.1) is 5.76 Å². The molecule has 0 saturated heterocycles. The molecule has 3 N–H and O–H groups in total. The summed E-state index contributed by atoms with van der Waals surface area (Å²) in [5.41, 5.74) is 0. The molecule has 0 saturated carbocycles. The number of aliphatic hydroxyl groups excluding tert-OH is 1. The van der Waals surface area contributed by atoms with Crippen LogP contribution in [0.15, 0.2) is 11.8 Å². The molecule has 0 aliphatic carbocycles. The fraction of sp³-hybridized carbons (Fsp3) is 0.600. The Hall–Kier alpha value is -0.181. The third-order valence-electron chi connectivity index (χ3n) is 0.412. The van der Waals surface area contributed by atoms with Gasteiger partial charge in [-0.1, -0.05) is 28.7 Å². The molecule has 0 aromatic rings. The average molecular weight is 386 g/mol. The Labute approximate surface area is 104 Å². The molecule has 0 rings (SSSR count). The summed E-state index contributed by atoms with van der Waals surface area (Å²) in [4.78, 5) is 10.0. The first kappa shape index (κ1) is 48.8. The molecule has 0 aromatic heterocycles. The van der Waals surface area contributed by atoms with Crippen LogP contribution < -0.4 is 0 Å². The zero-order valence-electron chi connectivity index (χ0n) is 8.34. The summed E-state index contributed by atoms with van der Waals surface area (Å²) in [5.74, 6) is -0.0625. The van der Waals surface area contributed by atoms with Crippen molar-refractivity contribution >= 4 is 5.78 Å². The van der Waals surface area contributed by atoms with Gasteiger partial charge in [0.1, 0.15) is 0 Å². The van der Waals surface area contributed by atoms with E-state index in [1.165, 1.54) is 19.9 Å². The smallest absolute Gasteiger partial charge is 0.155 e. The van der Waals surface area contributed by atoms with Gasteiger partial charge in [-0.25, -0.2) is 0 Å². The maximum atomic E-state index is 10.0. The fourth-order valence-corrected chi connectivity index (χ4v) is 0.294. The number of nitrogens with two attached hydrogens (primary N) is 1. The van der Waals surface area contributed by atoms with Crippen LogP contribution in [0.25, 0.3) is 6.15 Å². The molecule has 95 valence electrons. The summed E-state index contributed by atoms with van der Waals surface area (Å²) in [7, 11) is 0. The topological polar surface area (TPSA) is 70.8 Å². The van der Waals surface area contributed by atoms with Crippen LogP contribution in [0.1, 0.15) is 42.5 Å². The number of rotatable bonds is 1. The summed E-state index contributed by atoms with van der Waals surface area (Å²) in [5, 5.41) is 8.36. The van der Waals surface area contributed by atoms with Gasteiger partial charge in [-0.2, -0.15) is 0 Å². The van der Waals surface area contributed by atoms with E-state index in [0.717, 1.165) is 0 Å². The van der Waals surface area contributed by atoms with E-state index < -0.39 is 0 Å². The van der Waals surface area contributed by atoms with Gasteiger partial charge in [-0.15, -0.1) is 0 Å². The standard InChI is InChI=1S/C5H8O2.C2H6.2CH4.CH3.Ir.H2N/c1-4(6)3-5(2)7;1-2;;;;;/h3,6H,1-2H3;1-2H3;2*1H4;1H3;;1H2/q;;;;-1;;-1. The minimum atomic E-state index is -0.125. The van der Waals surface area contributed by atoms with E-state index in [2.05, 4.69) is 0 Å². The van der Waals surface area contributed by atoms with Crippen LogP contribution in [-0.4, -0.2) is 10.9 Å². The number of hydrogen-bond acceptors (Lipinski definition) is 2. The number of hydrogen-bond donors (Lipinski definition) is 1. The second-order valence-corrected chi connectivity index (χ2v) is 1.40. The Morgan fingerprint density at radius 2 is 1.36 bits per heavy atom. The summed E-state index contributed by atoms with van der Waals surface area (Å²) >= 11 is 0. The van der Waals surface area contributed by atoms with Crippen LogP contribution in [0.3, 0.4) is 0 Å². The van der Waals surface area contributed by atoms with Gasteiger partial charge in [-0.05, 0) is 13.8 Å². The Morgan fingerprint density at radius 3 is 1.36 bits per heavy atom. The van der Waals surface area contributed by atoms with E-state index in [9.17, 15) is 4.79 Å². The third kappa shape index (κ3) is 94.8. The second kappa shape index (κ2) is 38.5. The molecule has 3 nitrogen and oxygen atoms in total. The number of aliphatic hydroxyl groups is 1. The van der Waals surface area contributed by atoms with E-state index >= 15 is 0 Å². The van der Waals surface area contributed by atoms with E-state index in [4.69, 9.17) is 5.11 Å². The van der Waals surface area contributed by atoms with E-state index in [1.54, 1.807) is 0 Å². The van der Waals surface area contributed by atoms with E-state index in [1.807, 2.05) is 13.8 Å². The first-order valence-corrected chi connectivity index (χ1v) is 3.01. The Bertz CT molecular complexity index is 111. The molecule has 0 aromatic carbocycles. The molecule has 0 heterocycles.